The molecule has 2 rings (SSSR count). The maximum Gasteiger partial charge on any atom is 0.219 e. The van der Waals surface area contributed by atoms with Gasteiger partial charge in [-0.1, -0.05) is 6.42 Å². The highest BCUT2D eigenvalue weighted by Gasteiger charge is 2.24. The van der Waals surface area contributed by atoms with Crippen LogP contribution in [0, 0.1) is 0 Å². The van der Waals surface area contributed by atoms with Crippen molar-refractivity contribution >= 4 is 35.8 Å². The molecular weight excluding hydrogens is 429 g/mol. The molecule has 0 aromatic rings. The van der Waals surface area contributed by atoms with E-state index in [1.807, 2.05) is 4.90 Å². The van der Waals surface area contributed by atoms with Gasteiger partial charge in [0.25, 0.3) is 0 Å². The molecule has 146 valence electrons. The Morgan fingerprint density at radius 2 is 1.80 bits per heavy atom. The van der Waals surface area contributed by atoms with Gasteiger partial charge in [0, 0.05) is 51.7 Å². The molecule has 2 aliphatic rings. The first-order chi connectivity index (χ1) is 11.5. The van der Waals surface area contributed by atoms with Gasteiger partial charge in [0.1, 0.15) is 0 Å². The summed E-state index contributed by atoms with van der Waals surface area (Å²) in [6.07, 6.45) is 3.98. The zero-order valence-corrected chi connectivity index (χ0v) is 18.7. The number of piperazine rings is 1. The summed E-state index contributed by atoms with van der Waals surface area (Å²) in [6.45, 7) is 14.6. The van der Waals surface area contributed by atoms with E-state index >= 15 is 0 Å². The Balaban J connectivity index is 0.00000312. The second kappa shape index (κ2) is 11.2. The number of likely N-dealkylation sites (tertiary alicyclic amines) is 1. The quantitative estimate of drug-likeness (QED) is 0.392. The van der Waals surface area contributed by atoms with Crippen molar-refractivity contribution in [3.05, 3.63) is 0 Å². The first-order valence-electron chi connectivity index (χ1n) is 9.57. The third-order valence-electron chi connectivity index (χ3n) is 5.29. The number of nitrogens with one attached hydrogen (secondary N) is 1. The van der Waals surface area contributed by atoms with Crippen LogP contribution in [0.4, 0.5) is 0 Å². The lowest BCUT2D eigenvalue weighted by Crippen LogP contribution is -2.53. The number of carbonyl (C=O) groups excluding carboxylic acids is 1. The van der Waals surface area contributed by atoms with E-state index in [1.54, 1.807) is 6.92 Å². The topological polar surface area (TPSA) is 51.2 Å². The second-order valence-corrected chi connectivity index (χ2v) is 7.12. The molecule has 6 nitrogen and oxygen atoms in total. The van der Waals surface area contributed by atoms with E-state index in [0.29, 0.717) is 12.1 Å². The fourth-order valence-electron chi connectivity index (χ4n) is 3.76. The summed E-state index contributed by atoms with van der Waals surface area (Å²) in [7, 11) is 0. The highest BCUT2D eigenvalue weighted by Crippen LogP contribution is 2.19. The van der Waals surface area contributed by atoms with Gasteiger partial charge in [-0.05, 0) is 40.2 Å². The summed E-state index contributed by atoms with van der Waals surface area (Å²) in [5.41, 5.74) is 0. The van der Waals surface area contributed by atoms with Gasteiger partial charge in [-0.15, -0.1) is 24.0 Å². The summed E-state index contributed by atoms with van der Waals surface area (Å²) < 4.78 is 0. The van der Waals surface area contributed by atoms with Crippen molar-refractivity contribution in [1.29, 1.82) is 0 Å². The van der Waals surface area contributed by atoms with E-state index in [4.69, 9.17) is 4.99 Å². The maximum atomic E-state index is 11.5. The number of aliphatic imine (C=N–C) groups is 1. The minimum absolute atomic E-state index is 0. The largest absolute Gasteiger partial charge is 0.357 e. The van der Waals surface area contributed by atoms with Crippen LogP contribution in [0.1, 0.15) is 47.0 Å². The lowest BCUT2D eigenvalue weighted by Gasteiger charge is -2.38. The highest BCUT2D eigenvalue weighted by molar-refractivity contribution is 14.0. The zero-order chi connectivity index (χ0) is 17.5. The number of piperidine rings is 1. The minimum Gasteiger partial charge on any atom is -0.357 e. The molecule has 0 bridgehead atoms. The number of hydrogen-bond acceptors (Lipinski definition) is 3. The standard InChI is InChI=1S/C18H35N5O.HI/c1-5-19-18(22-12-10-21(11-13-22)17(4)24)20-14-16(3)23-9-7-6-8-15(23)2;/h15-16H,5-14H2,1-4H3,(H,19,20);1H. The molecule has 2 aliphatic heterocycles. The van der Waals surface area contributed by atoms with Crippen molar-refractivity contribution in [3.8, 4) is 0 Å². The van der Waals surface area contributed by atoms with Crippen molar-refractivity contribution in [3.63, 3.8) is 0 Å². The van der Waals surface area contributed by atoms with Crippen molar-refractivity contribution in [2.45, 2.75) is 59.0 Å². The summed E-state index contributed by atoms with van der Waals surface area (Å²) in [5, 5.41) is 3.42. The lowest BCUT2D eigenvalue weighted by molar-refractivity contribution is -0.130. The third-order valence-corrected chi connectivity index (χ3v) is 5.29. The van der Waals surface area contributed by atoms with Crippen molar-refractivity contribution < 1.29 is 4.79 Å². The Bertz CT molecular complexity index is 437. The average molecular weight is 465 g/mol. The van der Waals surface area contributed by atoms with Gasteiger partial charge in [0.15, 0.2) is 5.96 Å². The van der Waals surface area contributed by atoms with Crippen LogP contribution < -0.4 is 5.32 Å². The molecule has 0 aliphatic carbocycles. The number of guanidine groups is 1. The van der Waals surface area contributed by atoms with Crippen LogP contribution in [0.5, 0.6) is 0 Å². The van der Waals surface area contributed by atoms with Gasteiger partial charge in [0.05, 0.1) is 6.54 Å². The van der Waals surface area contributed by atoms with E-state index in [0.717, 1.165) is 45.2 Å². The summed E-state index contributed by atoms with van der Waals surface area (Å²) in [6, 6.07) is 1.15. The summed E-state index contributed by atoms with van der Waals surface area (Å²) >= 11 is 0. The number of nitrogens with zero attached hydrogens (tertiary/aromatic N) is 4. The Hall–Kier alpha value is -0.570. The zero-order valence-electron chi connectivity index (χ0n) is 16.3. The molecule has 2 heterocycles. The maximum absolute atomic E-state index is 11.5. The highest BCUT2D eigenvalue weighted by atomic mass is 127. The first kappa shape index (κ1) is 22.5. The summed E-state index contributed by atoms with van der Waals surface area (Å²) in [5.74, 6) is 1.17. The molecule has 0 saturated carbocycles. The lowest BCUT2D eigenvalue weighted by atomic mass is 10.0. The number of halogens is 1. The van der Waals surface area contributed by atoms with E-state index in [1.165, 1.54) is 25.8 Å². The fourth-order valence-corrected chi connectivity index (χ4v) is 3.76. The first-order valence-corrected chi connectivity index (χ1v) is 9.57. The summed E-state index contributed by atoms with van der Waals surface area (Å²) in [4.78, 5) is 23.2. The third kappa shape index (κ3) is 6.58. The van der Waals surface area contributed by atoms with Crippen molar-refractivity contribution in [2.24, 2.45) is 4.99 Å². The molecule has 1 N–H and O–H groups in total. The van der Waals surface area contributed by atoms with Gasteiger partial charge in [0.2, 0.25) is 5.91 Å². The van der Waals surface area contributed by atoms with Crippen LogP contribution in [0.3, 0.4) is 0 Å². The van der Waals surface area contributed by atoms with Crippen LogP contribution in [0.25, 0.3) is 0 Å². The number of amides is 1. The molecule has 2 atom stereocenters. The van der Waals surface area contributed by atoms with Crippen LogP contribution in [-0.4, -0.2) is 84.5 Å². The van der Waals surface area contributed by atoms with Crippen LogP contribution in [0.2, 0.25) is 0 Å². The molecule has 2 unspecified atom stereocenters. The number of carbonyl (C=O) groups is 1. The van der Waals surface area contributed by atoms with Gasteiger partial charge in [-0.3, -0.25) is 14.7 Å². The van der Waals surface area contributed by atoms with E-state index < -0.39 is 0 Å². The molecule has 0 radical (unpaired) electrons. The Kier molecular flexibility index (Phi) is 10.1. The van der Waals surface area contributed by atoms with E-state index in [9.17, 15) is 4.79 Å². The van der Waals surface area contributed by atoms with Crippen molar-refractivity contribution in [2.75, 3.05) is 45.8 Å². The Morgan fingerprint density at radius 1 is 1.16 bits per heavy atom. The normalized spacial score (nSPS) is 23.8. The minimum atomic E-state index is 0. The SMILES string of the molecule is CCNC(=NCC(C)N1CCCCC1C)N1CCN(C(C)=O)CC1.I. The molecule has 7 heteroatoms. The molecule has 0 spiro atoms. The molecule has 2 saturated heterocycles. The molecule has 2 fully saturated rings. The number of rotatable bonds is 4. The van der Waals surface area contributed by atoms with Gasteiger partial charge < -0.3 is 15.1 Å². The van der Waals surface area contributed by atoms with Gasteiger partial charge in [-0.2, -0.15) is 0 Å². The van der Waals surface area contributed by atoms with Crippen LogP contribution >= 0.6 is 24.0 Å². The fraction of sp³-hybridized carbons (Fsp3) is 0.889. The monoisotopic (exact) mass is 465 g/mol. The predicted octanol–water partition coefficient (Wildman–Crippen LogP) is 2.00. The van der Waals surface area contributed by atoms with Gasteiger partial charge in [-0.25, -0.2) is 0 Å². The van der Waals surface area contributed by atoms with E-state index in [-0.39, 0.29) is 29.9 Å². The van der Waals surface area contributed by atoms with E-state index in [2.05, 4.69) is 35.9 Å². The van der Waals surface area contributed by atoms with Crippen LogP contribution in [0.15, 0.2) is 4.99 Å². The molecular formula is C18H36IN5O. The van der Waals surface area contributed by atoms with Crippen LogP contribution in [-0.2, 0) is 4.79 Å². The average Bonchev–Trinajstić information content (AvgIpc) is 2.59. The number of hydrogen-bond donors (Lipinski definition) is 1. The Labute approximate surface area is 170 Å². The Morgan fingerprint density at radius 3 is 2.36 bits per heavy atom. The molecule has 1 amide bonds. The second-order valence-electron chi connectivity index (χ2n) is 7.12. The smallest absolute Gasteiger partial charge is 0.219 e. The molecule has 25 heavy (non-hydrogen) atoms. The predicted molar refractivity (Wildman–Crippen MR) is 115 cm³/mol. The van der Waals surface area contributed by atoms with Crippen molar-refractivity contribution in [1.82, 2.24) is 20.0 Å². The molecule has 0 aromatic carbocycles. The molecule has 0 aromatic heterocycles. The van der Waals surface area contributed by atoms with Gasteiger partial charge >= 0.3 is 0 Å².